The molecule has 0 radical (unpaired) electrons. The summed E-state index contributed by atoms with van der Waals surface area (Å²) >= 11 is 5.68. The lowest BCUT2D eigenvalue weighted by Gasteiger charge is -2.37. The van der Waals surface area contributed by atoms with Gasteiger partial charge in [-0.1, -0.05) is 12.8 Å². The number of ether oxygens (including phenoxy) is 2. The maximum absolute atomic E-state index is 13.5. The fourth-order valence-corrected chi connectivity index (χ4v) is 7.29. The molecular weight excluding hydrogens is 564 g/mol. The molecule has 3 aliphatic heterocycles. The molecule has 1 N–H and O–H groups in total. The average molecular weight is 613 g/mol. The van der Waals surface area contributed by atoms with E-state index in [9.17, 15) is 9.59 Å². The Hall–Kier alpha value is -2.42. The van der Waals surface area contributed by atoms with E-state index < -0.39 is 0 Å². The summed E-state index contributed by atoms with van der Waals surface area (Å²) in [4.78, 5) is 35.4. The van der Waals surface area contributed by atoms with Crippen LogP contribution in [0.2, 0.25) is 0 Å². The Kier molecular flexibility index (Phi) is 11.9. The zero-order valence-corrected chi connectivity index (χ0v) is 26.6. The summed E-state index contributed by atoms with van der Waals surface area (Å²) < 4.78 is 11.2. The number of aliphatic imine (C=N–C) groups is 1. The van der Waals surface area contributed by atoms with Crippen molar-refractivity contribution in [2.24, 2.45) is 10.9 Å². The van der Waals surface area contributed by atoms with E-state index in [-0.39, 0.29) is 23.8 Å². The van der Waals surface area contributed by atoms with Crippen molar-refractivity contribution in [3.63, 3.8) is 0 Å². The van der Waals surface area contributed by atoms with Gasteiger partial charge in [0, 0.05) is 49.8 Å². The Labute approximate surface area is 262 Å². The number of carbonyl (C=O) groups is 2. The van der Waals surface area contributed by atoms with Gasteiger partial charge in [-0.05, 0) is 106 Å². The number of anilines is 1. The van der Waals surface area contributed by atoms with Gasteiger partial charge in [0.05, 0.1) is 19.8 Å². The second kappa shape index (κ2) is 16.1. The normalized spacial score (nSPS) is 22.6. The number of nitrogens with zero attached hydrogens (tertiary/aromatic N) is 3. The molecule has 0 spiro atoms. The van der Waals surface area contributed by atoms with E-state index in [1.54, 1.807) is 0 Å². The molecule has 0 aromatic heterocycles. The summed E-state index contributed by atoms with van der Waals surface area (Å²) in [6.07, 6.45) is 14.2. The Balaban J connectivity index is 1.02. The molecule has 8 nitrogen and oxygen atoms in total. The molecule has 43 heavy (non-hydrogen) atoms. The molecule has 1 aromatic rings. The number of aryl methyl sites for hydroxylation is 2. The fraction of sp³-hybridized carbons (Fsp3) is 0.676. The van der Waals surface area contributed by atoms with Gasteiger partial charge >= 0.3 is 0 Å². The first-order chi connectivity index (χ1) is 21.0. The van der Waals surface area contributed by atoms with Crippen LogP contribution in [0.1, 0.15) is 87.8 Å². The van der Waals surface area contributed by atoms with Crippen molar-refractivity contribution in [2.45, 2.75) is 90.0 Å². The zero-order chi connectivity index (χ0) is 30.0. The smallest absolute Gasteiger partial charge is 0.278 e. The summed E-state index contributed by atoms with van der Waals surface area (Å²) in [5.41, 5.74) is 5.88. The number of unbranched alkanes of at least 4 members (excludes halogenated alkanes) is 3. The van der Waals surface area contributed by atoms with E-state index in [4.69, 9.17) is 26.1 Å². The van der Waals surface area contributed by atoms with E-state index in [1.165, 1.54) is 29.7 Å². The minimum absolute atomic E-state index is 0.00848. The summed E-state index contributed by atoms with van der Waals surface area (Å²) in [5, 5.41) is 3.03. The first-order valence-corrected chi connectivity index (χ1v) is 17.1. The predicted octanol–water partition coefficient (Wildman–Crippen LogP) is 5.49. The minimum Gasteiger partial charge on any atom is -0.379 e. The highest BCUT2D eigenvalue weighted by molar-refractivity contribution is 6.17. The Morgan fingerprint density at radius 2 is 1.65 bits per heavy atom. The van der Waals surface area contributed by atoms with Crippen LogP contribution in [0.5, 0.6) is 0 Å². The number of hydrogen-bond acceptors (Lipinski definition) is 6. The van der Waals surface area contributed by atoms with Crippen LogP contribution in [0.25, 0.3) is 6.08 Å². The number of rotatable bonds is 15. The highest BCUT2D eigenvalue weighted by Crippen LogP contribution is 2.37. The molecule has 9 heteroatoms. The summed E-state index contributed by atoms with van der Waals surface area (Å²) in [5.74, 6) is 1.56. The van der Waals surface area contributed by atoms with Crippen LogP contribution >= 0.6 is 11.6 Å². The largest absolute Gasteiger partial charge is 0.379 e. The SMILES string of the molecule is CC1=N/C(=C\c2cc3c4c(c2)CCCN4CCC3)C(=O)N1C1CCC(C(=O)NCCOCCOCCCCCCCl)CC1. The van der Waals surface area contributed by atoms with Gasteiger partial charge < -0.3 is 19.7 Å². The topological polar surface area (TPSA) is 83.5 Å². The van der Waals surface area contributed by atoms with Crippen molar-refractivity contribution in [3.8, 4) is 0 Å². The van der Waals surface area contributed by atoms with Crippen molar-refractivity contribution in [1.82, 2.24) is 10.2 Å². The third kappa shape index (κ3) is 8.40. The molecule has 3 heterocycles. The molecule has 0 unspecified atom stereocenters. The molecule has 2 amide bonds. The first kappa shape index (κ1) is 32.0. The van der Waals surface area contributed by atoms with Gasteiger partial charge in [-0.2, -0.15) is 0 Å². The van der Waals surface area contributed by atoms with Gasteiger partial charge in [-0.25, -0.2) is 4.99 Å². The van der Waals surface area contributed by atoms with Crippen LogP contribution in [0, 0.1) is 5.92 Å². The monoisotopic (exact) mass is 612 g/mol. The Bertz CT molecular complexity index is 1150. The van der Waals surface area contributed by atoms with Gasteiger partial charge in [0.25, 0.3) is 5.91 Å². The minimum atomic E-state index is -0.0182. The standard InChI is InChI=1S/C34H49ClN4O4/c1-25-37-31(24-26-22-28-8-6-16-38-17-7-9-29(23-26)32(28)38)34(41)39(25)30-12-10-27(11-13-30)33(40)36-15-19-43-21-20-42-18-5-3-2-4-14-35/h22-24,27,30H,2-21H2,1H3,(H,36,40)/b31-24-. The maximum atomic E-state index is 13.5. The maximum Gasteiger partial charge on any atom is 0.278 e. The van der Waals surface area contributed by atoms with Gasteiger partial charge in [-0.15, -0.1) is 11.6 Å². The van der Waals surface area contributed by atoms with E-state index in [0.717, 1.165) is 101 Å². The molecule has 1 aliphatic carbocycles. The van der Waals surface area contributed by atoms with Gasteiger partial charge in [-0.3, -0.25) is 14.5 Å². The molecule has 0 bridgehead atoms. The number of nitrogens with one attached hydrogen (secondary N) is 1. The van der Waals surface area contributed by atoms with Crippen LogP contribution < -0.4 is 10.2 Å². The molecule has 236 valence electrons. The molecule has 0 saturated heterocycles. The van der Waals surface area contributed by atoms with Crippen LogP contribution in [0.3, 0.4) is 0 Å². The van der Waals surface area contributed by atoms with Crippen LogP contribution in [0.15, 0.2) is 22.8 Å². The lowest BCUT2D eigenvalue weighted by molar-refractivity contribution is -0.127. The quantitative estimate of drug-likeness (QED) is 0.161. The molecule has 4 aliphatic rings. The third-order valence-corrected chi connectivity index (χ3v) is 9.52. The fourth-order valence-electron chi connectivity index (χ4n) is 7.10. The van der Waals surface area contributed by atoms with Gasteiger partial charge in [0.2, 0.25) is 5.91 Å². The molecule has 1 aromatic carbocycles. The van der Waals surface area contributed by atoms with Crippen LogP contribution in [0.4, 0.5) is 5.69 Å². The van der Waals surface area contributed by atoms with Crippen molar-refractivity contribution in [2.75, 3.05) is 56.8 Å². The highest BCUT2D eigenvalue weighted by atomic mass is 35.5. The van der Waals surface area contributed by atoms with E-state index in [0.29, 0.717) is 32.1 Å². The zero-order valence-electron chi connectivity index (χ0n) is 25.9. The number of amidine groups is 1. The molecule has 5 rings (SSSR count). The van der Waals surface area contributed by atoms with Crippen LogP contribution in [-0.2, 0) is 31.9 Å². The van der Waals surface area contributed by atoms with Gasteiger partial charge in [0.1, 0.15) is 11.5 Å². The van der Waals surface area contributed by atoms with Crippen molar-refractivity contribution in [1.29, 1.82) is 0 Å². The van der Waals surface area contributed by atoms with E-state index in [2.05, 4.69) is 22.3 Å². The molecule has 1 fully saturated rings. The predicted molar refractivity (Wildman–Crippen MR) is 173 cm³/mol. The highest BCUT2D eigenvalue weighted by Gasteiger charge is 2.37. The van der Waals surface area contributed by atoms with E-state index >= 15 is 0 Å². The molecular formula is C34H49ClN4O4. The first-order valence-electron chi connectivity index (χ1n) is 16.6. The number of carbonyl (C=O) groups excluding carboxylic acids is 2. The second-order valence-electron chi connectivity index (χ2n) is 12.4. The lowest BCUT2D eigenvalue weighted by Crippen LogP contribution is -2.44. The number of hydrogen-bond donors (Lipinski definition) is 1. The van der Waals surface area contributed by atoms with E-state index in [1.807, 2.05) is 17.9 Å². The number of halogens is 1. The van der Waals surface area contributed by atoms with Crippen molar-refractivity contribution >= 4 is 41.0 Å². The number of benzene rings is 1. The summed E-state index contributed by atoms with van der Waals surface area (Å²) in [6, 6.07) is 4.62. The third-order valence-electron chi connectivity index (χ3n) is 9.25. The Morgan fingerprint density at radius 1 is 0.977 bits per heavy atom. The second-order valence-corrected chi connectivity index (χ2v) is 12.7. The molecule has 1 saturated carbocycles. The average Bonchev–Trinajstić information content (AvgIpc) is 3.29. The lowest BCUT2D eigenvalue weighted by atomic mass is 9.84. The Morgan fingerprint density at radius 3 is 2.35 bits per heavy atom. The summed E-state index contributed by atoms with van der Waals surface area (Å²) in [6.45, 7) is 7.10. The number of amides is 2. The van der Waals surface area contributed by atoms with Crippen molar-refractivity contribution in [3.05, 3.63) is 34.5 Å². The molecule has 0 atom stereocenters. The van der Waals surface area contributed by atoms with Crippen molar-refractivity contribution < 1.29 is 19.1 Å². The summed E-state index contributed by atoms with van der Waals surface area (Å²) in [7, 11) is 0. The van der Waals surface area contributed by atoms with Gasteiger partial charge in [0.15, 0.2) is 0 Å². The van der Waals surface area contributed by atoms with Crippen LogP contribution in [-0.4, -0.2) is 80.5 Å². The number of alkyl halides is 1.